The molecule has 2 atom stereocenters. The number of benzene rings is 2. The van der Waals surface area contributed by atoms with Gasteiger partial charge in [0.15, 0.2) is 0 Å². The van der Waals surface area contributed by atoms with Gasteiger partial charge in [0.1, 0.15) is 6.10 Å². The predicted molar refractivity (Wildman–Crippen MR) is 83.2 cm³/mol. The number of aliphatic hydroxyl groups excluding tert-OH is 1. The Morgan fingerprint density at radius 3 is 2.38 bits per heavy atom. The van der Waals surface area contributed by atoms with Gasteiger partial charge in [0, 0.05) is 18.9 Å². The van der Waals surface area contributed by atoms with Crippen LogP contribution in [0, 0.1) is 5.92 Å². The van der Waals surface area contributed by atoms with E-state index < -0.39 is 0 Å². The third-order valence-electron chi connectivity index (χ3n) is 3.90. The number of aliphatic hydroxyl groups is 1. The molecule has 0 saturated heterocycles. The minimum absolute atomic E-state index is 0.0505. The fourth-order valence-corrected chi connectivity index (χ4v) is 2.68. The van der Waals surface area contributed by atoms with Crippen LogP contribution in [0.2, 0.25) is 0 Å². The average Bonchev–Trinajstić information content (AvgIpc) is 3.04. The standard InChI is InChI=1S/C18H19NO2/c20-13-16(11-14-7-3-1-4-8-14)18-12-17(19-21-18)15-9-5-2-6-10-15/h1-10,16,18,20H,11-13H2/t16-,18+/m0/s1. The second-order valence-corrected chi connectivity index (χ2v) is 5.38. The minimum atomic E-state index is -0.0505. The van der Waals surface area contributed by atoms with Crippen LogP contribution in [0.15, 0.2) is 65.8 Å². The fourth-order valence-electron chi connectivity index (χ4n) is 2.68. The molecule has 0 spiro atoms. The van der Waals surface area contributed by atoms with Crippen molar-refractivity contribution in [3.05, 3.63) is 71.8 Å². The van der Waals surface area contributed by atoms with Crippen LogP contribution in [0.5, 0.6) is 0 Å². The molecule has 21 heavy (non-hydrogen) atoms. The topological polar surface area (TPSA) is 41.8 Å². The molecule has 3 heteroatoms. The second-order valence-electron chi connectivity index (χ2n) is 5.38. The van der Waals surface area contributed by atoms with Crippen LogP contribution in [-0.2, 0) is 11.3 Å². The largest absolute Gasteiger partial charge is 0.396 e. The minimum Gasteiger partial charge on any atom is -0.396 e. The Morgan fingerprint density at radius 2 is 1.71 bits per heavy atom. The molecule has 0 aliphatic carbocycles. The molecule has 0 aromatic heterocycles. The van der Waals surface area contributed by atoms with Crippen molar-refractivity contribution in [2.45, 2.75) is 18.9 Å². The lowest BCUT2D eigenvalue weighted by Gasteiger charge is -2.19. The zero-order chi connectivity index (χ0) is 14.5. The van der Waals surface area contributed by atoms with Crippen molar-refractivity contribution in [3.8, 4) is 0 Å². The van der Waals surface area contributed by atoms with Crippen molar-refractivity contribution in [2.24, 2.45) is 11.1 Å². The monoisotopic (exact) mass is 281 g/mol. The summed E-state index contributed by atoms with van der Waals surface area (Å²) < 4.78 is 0. The Kier molecular flexibility index (Phi) is 4.31. The molecule has 0 saturated carbocycles. The summed E-state index contributed by atoms with van der Waals surface area (Å²) in [5, 5.41) is 13.9. The Morgan fingerprint density at radius 1 is 1.05 bits per heavy atom. The van der Waals surface area contributed by atoms with E-state index in [-0.39, 0.29) is 18.6 Å². The quantitative estimate of drug-likeness (QED) is 0.915. The van der Waals surface area contributed by atoms with E-state index in [9.17, 15) is 5.11 Å². The van der Waals surface area contributed by atoms with E-state index in [2.05, 4.69) is 17.3 Å². The van der Waals surface area contributed by atoms with Crippen molar-refractivity contribution in [2.75, 3.05) is 6.61 Å². The highest BCUT2D eigenvalue weighted by Crippen LogP contribution is 2.24. The summed E-state index contributed by atoms with van der Waals surface area (Å²) in [6, 6.07) is 20.3. The normalized spacial score (nSPS) is 18.9. The molecule has 0 unspecified atom stereocenters. The van der Waals surface area contributed by atoms with E-state index in [4.69, 9.17) is 4.84 Å². The Labute approximate surface area is 124 Å². The average molecular weight is 281 g/mol. The van der Waals surface area contributed by atoms with Crippen molar-refractivity contribution < 1.29 is 9.94 Å². The lowest BCUT2D eigenvalue weighted by molar-refractivity contribution is 0.0179. The zero-order valence-electron chi connectivity index (χ0n) is 11.9. The maximum Gasteiger partial charge on any atom is 0.138 e. The second kappa shape index (κ2) is 6.55. The lowest BCUT2D eigenvalue weighted by atomic mass is 9.91. The van der Waals surface area contributed by atoms with E-state index in [1.807, 2.05) is 48.5 Å². The molecule has 1 heterocycles. The summed E-state index contributed by atoms with van der Waals surface area (Å²) >= 11 is 0. The summed E-state index contributed by atoms with van der Waals surface area (Å²) in [4.78, 5) is 5.57. The van der Waals surface area contributed by atoms with E-state index in [1.165, 1.54) is 5.56 Å². The molecule has 3 nitrogen and oxygen atoms in total. The molecule has 0 amide bonds. The summed E-state index contributed by atoms with van der Waals surface area (Å²) in [5.41, 5.74) is 3.27. The third-order valence-corrected chi connectivity index (χ3v) is 3.90. The fraction of sp³-hybridized carbons (Fsp3) is 0.278. The highest BCUT2D eigenvalue weighted by molar-refractivity contribution is 6.01. The van der Waals surface area contributed by atoms with Crippen LogP contribution in [-0.4, -0.2) is 23.5 Å². The van der Waals surface area contributed by atoms with E-state index in [1.54, 1.807) is 0 Å². The molecule has 108 valence electrons. The van der Waals surface area contributed by atoms with Gasteiger partial charge in [-0.05, 0) is 17.5 Å². The number of oxime groups is 1. The van der Waals surface area contributed by atoms with Crippen molar-refractivity contribution in [3.63, 3.8) is 0 Å². The van der Waals surface area contributed by atoms with Gasteiger partial charge < -0.3 is 9.94 Å². The molecular formula is C18H19NO2. The number of nitrogens with zero attached hydrogens (tertiary/aromatic N) is 1. The van der Waals surface area contributed by atoms with Gasteiger partial charge in [-0.15, -0.1) is 0 Å². The molecule has 0 radical (unpaired) electrons. The SMILES string of the molecule is OC[C@H](Cc1ccccc1)[C@H]1CC(c2ccccc2)=NO1. The number of hydrogen-bond donors (Lipinski definition) is 1. The van der Waals surface area contributed by atoms with Gasteiger partial charge in [-0.3, -0.25) is 0 Å². The molecule has 0 bridgehead atoms. The Hall–Kier alpha value is -2.13. The van der Waals surface area contributed by atoms with Crippen LogP contribution in [0.1, 0.15) is 17.5 Å². The Bertz CT molecular complexity index is 595. The first kappa shape index (κ1) is 13.8. The highest BCUT2D eigenvalue weighted by atomic mass is 16.6. The van der Waals surface area contributed by atoms with Crippen molar-refractivity contribution in [1.82, 2.24) is 0 Å². The summed E-state index contributed by atoms with van der Waals surface area (Å²) in [5.74, 6) is 0.0670. The molecule has 1 N–H and O–H groups in total. The van der Waals surface area contributed by atoms with E-state index >= 15 is 0 Å². The van der Waals surface area contributed by atoms with Gasteiger partial charge in [0.25, 0.3) is 0 Å². The van der Waals surface area contributed by atoms with E-state index in [0.717, 1.165) is 24.1 Å². The molecule has 3 rings (SSSR count). The highest BCUT2D eigenvalue weighted by Gasteiger charge is 2.29. The number of hydrogen-bond acceptors (Lipinski definition) is 3. The maximum absolute atomic E-state index is 9.67. The van der Waals surface area contributed by atoms with Gasteiger partial charge in [0.2, 0.25) is 0 Å². The van der Waals surface area contributed by atoms with Crippen LogP contribution < -0.4 is 0 Å². The number of rotatable bonds is 5. The molecular weight excluding hydrogens is 262 g/mol. The first-order chi connectivity index (χ1) is 10.4. The maximum atomic E-state index is 9.67. The first-order valence-electron chi connectivity index (χ1n) is 7.29. The van der Waals surface area contributed by atoms with Gasteiger partial charge in [-0.2, -0.15) is 0 Å². The van der Waals surface area contributed by atoms with E-state index in [0.29, 0.717) is 0 Å². The Balaban J connectivity index is 1.65. The predicted octanol–water partition coefficient (Wildman–Crippen LogP) is 3.03. The van der Waals surface area contributed by atoms with Gasteiger partial charge in [-0.25, -0.2) is 0 Å². The molecule has 2 aromatic carbocycles. The van der Waals surface area contributed by atoms with Gasteiger partial charge in [-0.1, -0.05) is 65.8 Å². The summed E-state index contributed by atoms with van der Waals surface area (Å²) in [6.45, 7) is 0.108. The van der Waals surface area contributed by atoms with Crippen molar-refractivity contribution in [1.29, 1.82) is 0 Å². The van der Waals surface area contributed by atoms with Crippen molar-refractivity contribution >= 4 is 5.71 Å². The molecule has 0 fully saturated rings. The zero-order valence-corrected chi connectivity index (χ0v) is 11.9. The summed E-state index contributed by atoms with van der Waals surface area (Å²) in [7, 11) is 0. The first-order valence-corrected chi connectivity index (χ1v) is 7.29. The van der Waals surface area contributed by atoms with Crippen LogP contribution in [0.25, 0.3) is 0 Å². The summed E-state index contributed by atoms with van der Waals surface area (Å²) in [6.07, 6.45) is 1.51. The van der Waals surface area contributed by atoms with Gasteiger partial charge in [0.05, 0.1) is 5.71 Å². The molecule has 2 aromatic rings. The third kappa shape index (κ3) is 3.31. The molecule has 1 aliphatic rings. The molecule has 1 aliphatic heterocycles. The smallest absolute Gasteiger partial charge is 0.138 e. The van der Waals surface area contributed by atoms with Gasteiger partial charge >= 0.3 is 0 Å². The van der Waals surface area contributed by atoms with Crippen LogP contribution in [0.4, 0.5) is 0 Å². The lowest BCUT2D eigenvalue weighted by Crippen LogP contribution is -2.26. The van der Waals surface area contributed by atoms with Crippen LogP contribution >= 0.6 is 0 Å². The van der Waals surface area contributed by atoms with Crippen LogP contribution in [0.3, 0.4) is 0 Å².